The minimum absolute atomic E-state index is 0.133. The molecule has 4 heteroatoms. The molecule has 0 atom stereocenters. The predicted molar refractivity (Wildman–Crippen MR) is 74.0 cm³/mol. The molecule has 0 amide bonds. The van der Waals surface area contributed by atoms with E-state index in [1.54, 1.807) is 42.5 Å². The standard InChI is InChI=1S/C16H12O4/c17-13-3-1-2-11(8-13)4-6-14(18)12-5-7-15-16(9-12)20-10-19-15/h1-9,17H,10H2/b6-4+. The topological polar surface area (TPSA) is 55.8 Å². The van der Waals surface area contributed by atoms with Crippen LogP contribution in [-0.4, -0.2) is 17.7 Å². The number of ketones is 1. The van der Waals surface area contributed by atoms with Crippen molar-refractivity contribution in [3.05, 3.63) is 59.7 Å². The van der Waals surface area contributed by atoms with Crippen LogP contribution in [0.2, 0.25) is 0 Å². The minimum Gasteiger partial charge on any atom is -0.508 e. The molecule has 0 fully saturated rings. The van der Waals surface area contributed by atoms with Crippen molar-refractivity contribution in [3.8, 4) is 17.2 Å². The molecule has 1 N–H and O–H groups in total. The average molecular weight is 268 g/mol. The number of hydrogen-bond acceptors (Lipinski definition) is 4. The van der Waals surface area contributed by atoms with Crippen molar-refractivity contribution >= 4 is 11.9 Å². The lowest BCUT2D eigenvalue weighted by atomic mass is 10.1. The van der Waals surface area contributed by atoms with Crippen molar-refractivity contribution in [2.45, 2.75) is 0 Å². The molecule has 2 aromatic carbocycles. The van der Waals surface area contributed by atoms with E-state index in [2.05, 4.69) is 0 Å². The molecule has 1 heterocycles. The van der Waals surface area contributed by atoms with Gasteiger partial charge in [0, 0.05) is 5.56 Å². The maximum absolute atomic E-state index is 12.1. The van der Waals surface area contributed by atoms with Crippen LogP contribution >= 0.6 is 0 Å². The molecule has 0 radical (unpaired) electrons. The summed E-state index contributed by atoms with van der Waals surface area (Å²) < 4.78 is 10.4. The van der Waals surface area contributed by atoms with Crippen LogP contribution in [0.5, 0.6) is 17.2 Å². The van der Waals surface area contributed by atoms with Crippen LogP contribution in [0.15, 0.2) is 48.5 Å². The molecule has 0 saturated heterocycles. The smallest absolute Gasteiger partial charge is 0.231 e. The first-order valence-corrected chi connectivity index (χ1v) is 6.13. The Labute approximate surface area is 115 Å². The van der Waals surface area contributed by atoms with Crippen molar-refractivity contribution in [3.63, 3.8) is 0 Å². The molecule has 100 valence electrons. The van der Waals surface area contributed by atoms with E-state index in [0.717, 1.165) is 5.56 Å². The number of benzene rings is 2. The number of rotatable bonds is 3. The summed E-state index contributed by atoms with van der Waals surface area (Å²) >= 11 is 0. The van der Waals surface area contributed by atoms with Gasteiger partial charge in [0.1, 0.15) is 5.75 Å². The van der Waals surface area contributed by atoms with Gasteiger partial charge in [-0.2, -0.15) is 0 Å². The number of ether oxygens (including phenoxy) is 2. The van der Waals surface area contributed by atoms with Gasteiger partial charge in [-0.05, 0) is 42.0 Å². The lowest BCUT2D eigenvalue weighted by molar-refractivity contribution is 0.104. The quantitative estimate of drug-likeness (QED) is 0.686. The van der Waals surface area contributed by atoms with E-state index in [1.165, 1.54) is 6.08 Å². The van der Waals surface area contributed by atoms with Gasteiger partial charge < -0.3 is 14.6 Å². The summed E-state index contributed by atoms with van der Waals surface area (Å²) in [5.41, 5.74) is 1.30. The fourth-order valence-electron chi connectivity index (χ4n) is 1.95. The fourth-order valence-corrected chi connectivity index (χ4v) is 1.95. The first-order valence-electron chi connectivity index (χ1n) is 6.13. The predicted octanol–water partition coefficient (Wildman–Crippen LogP) is 3.02. The van der Waals surface area contributed by atoms with Crippen LogP contribution in [0, 0.1) is 0 Å². The van der Waals surface area contributed by atoms with E-state index in [9.17, 15) is 9.90 Å². The molecular formula is C16H12O4. The highest BCUT2D eigenvalue weighted by molar-refractivity contribution is 6.07. The zero-order valence-electron chi connectivity index (χ0n) is 10.6. The third-order valence-corrected chi connectivity index (χ3v) is 2.95. The molecule has 0 bridgehead atoms. The molecule has 0 unspecified atom stereocenters. The summed E-state index contributed by atoms with van der Waals surface area (Å²) in [7, 11) is 0. The second-order valence-electron chi connectivity index (χ2n) is 4.36. The number of carbonyl (C=O) groups excluding carboxylic acids is 1. The number of allylic oxidation sites excluding steroid dienone is 1. The molecule has 1 aliphatic rings. The van der Waals surface area contributed by atoms with E-state index in [1.807, 2.05) is 6.07 Å². The van der Waals surface area contributed by atoms with E-state index in [0.29, 0.717) is 17.1 Å². The van der Waals surface area contributed by atoms with Crippen LogP contribution in [0.3, 0.4) is 0 Å². The molecular weight excluding hydrogens is 256 g/mol. The Morgan fingerprint density at radius 1 is 1.10 bits per heavy atom. The zero-order chi connectivity index (χ0) is 13.9. The van der Waals surface area contributed by atoms with E-state index >= 15 is 0 Å². The highest BCUT2D eigenvalue weighted by Crippen LogP contribution is 2.32. The number of phenolic OH excluding ortho intramolecular Hbond substituents is 1. The first-order chi connectivity index (χ1) is 9.72. The van der Waals surface area contributed by atoms with Crippen molar-refractivity contribution in [2.75, 3.05) is 6.79 Å². The number of carbonyl (C=O) groups is 1. The number of phenols is 1. The fraction of sp³-hybridized carbons (Fsp3) is 0.0625. The van der Waals surface area contributed by atoms with Crippen molar-refractivity contribution in [2.24, 2.45) is 0 Å². The molecule has 1 aliphatic heterocycles. The third kappa shape index (κ3) is 2.49. The normalized spacial score (nSPS) is 12.8. The largest absolute Gasteiger partial charge is 0.508 e. The monoisotopic (exact) mass is 268 g/mol. The SMILES string of the molecule is O=C(/C=C/c1cccc(O)c1)c1ccc2c(c1)OCO2. The molecule has 0 saturated carbocycles. The maximum Gasteiger partial charge on any atom is 0.231 e. The van der Waals surface area contributed by atoms with Gasteiger partial charge in [0.2, 0.25) is 6.79 Å². The Hall–Kier alpha value is -2.75. The summed E-state index contributed by atoms with van der Waals surface area (Å²) in [6, 6.07) is 11.8. The highest BCUT2D eigenvalue weighted by Gasteiger charge is 2.14. The lowest BCUT2D eigenvalue weighted by Gasteiger charge is -1.99. The van der Waals surface area contributed by atoms with E-state index < -0.39 is 0 Å². The van der Waals surface area contributed by atoms with Crippen molar-refractivity contribution < 1.29 is 19.4 Å². The van der Waals surface area contributed by atoms with Crippen molar-refractivity contribution in [1.29, 1.82) is 0 Å². The summed E-state index contributed by atoms with van der Waals surface area (Å²) in [5, 5.41) is 9.35. The molecule has 0 aromatic heterocycles. The van der Waals surface area contributed by atoms with Crippen molar-refractivity contribution in [1.82, 2.24) is 0 Å². The molecule has 20 heavy (non-hydrogen) atoms. The molecule has 4 nitrogen and oxygen atoms in total. The van der Waals surface area contributed by atoms with Gasteiger partial charge in [-0.15, -0.1) is 0 Å². The molecule has 0 aliphatic carbocycles. The Balaban J connectivity index is 1.79. The van der Waals surface area contributed by atoms with Gasteiger partial charge in [-0.1, -0.05) is 18.2 Å². The van der Waals surface area contributed by atoms with Crippen LogP contribution < -0.4 is 9.47 Å². The maximum atomic E-state index is 12.1. The second kappa shape index (κ2) is 5.09. The van der Waals surface area contributed by atoms with Gasteiger partial charge in [0.15, 0.2) is 17.3 Å². The van der Waals surface area contributed by atoms with Crippen LogP contribution in [0.4, 0.5) is 0 Å². The lowest BCUT2D eigenvalue weighted by Crippen LogP contribution is -1.94. The highest BCUT2D eigenvalue weighted by atomic mass is 16.7. The Bertz CT molecular complexity index is 689. The Morgan fingerprint density at radius 2 is 1.95 bits per heavy atom. The number of aromatic hydroxyl groups is 1. The average Bonchev–Trinajstić information content (AvgIpc) is 2.92. The van der Waals surface area contributed by atoms with Crippen LogP contribution in [0.25, 0.3) is 6.08 Å². The van der Waals surface area contributed by atoms with Gasteiger partial charge in [-0.3, -0.25) is 4.79 Å². The molecule has 3 rings (SSSR count). The summed E-state index contributed by atoms with van der Waals surface area (Å²) in [4.78, 5) is 12.1. The first kappa shape index (κ1) is 12.3. The van der Waals surface area contributed by atoms with E-state index in [4.69, 9.17) is 9.47 Å². The summed E-state index contributed by atoms with van der Waals surface area (Å²) in [5.74, 6) is 1.27. The second-order valence-corrected chi connectivity index (χ2v) is 4.36. The van der Waals surface area contributed by atoms with E-state index in [-0.39, 0.29) is 18.3 Å². The van der Waals surface area contributed by atoms with Crippen LogP contribution in [-0.2, 0) is 0 Å². The third-order valence-electron chi connectivity index (χ3n) is 2.95. The minimum atomic E-state index is -0.133. The molecule has 2 aromatic rings. The number of hydrogen-bond donors (Lipinski definition) is 1. The Morgan fingerprint density at radius 3 is 2.80 bits per heavy atom. The van der Waals surface area contributed by atoms with Crippen LogP contribution in [0.1, 0.15) is 15.9 Å². The van der Waals surface area contributed by atoms with Gasteiger partial charge in [-0.25, -0.2) is 0 Å². The zero-order valence-corrected chi connectivity index (χ0v) is 10.6. The van der Waals surface area contributed by atoms with Gasteiger partial charge in [0.05, 0.1) is 0 Å². The van der Waals surface area contributed by atoms with Gasteiger partial charge >= 0.3 is 0 Å². The number of fused-ring (bicyclic) bond motifs is 1. The van der Waals surface area contributed by atoms with Gasteiger partial charge in [0.25, 0.3) is 0 Å². The summed E-state index contributed by atoms with van der Waals surface area (Å²) in [6.45, 7) is 0.187. The summed E-state index contributed by atoms with van der Waals surface area (Å²) in [6.07, 6.45) is 3.12. The molecule has 0 spiro atoms. The Kier molecular flexibility index (Phi) is 3.13.